The second-order valence-corrected chi connectivity index (χ2v) is 6.52. The van der Waals surface area contributed by atoms with Crippen molar-refractivity contribution in [1.82, 2.24) is 0 Å². The quantitative estimate of drug-likeness (QED) is 0.864. The van der Waals surface area contributed by atoms with Crippen LogP contribution in [0.15, 0.2) is 17.0 Å². The maximum atomic E-state index is 14.0. The van der Waals surface area contributed by atoms with Gasteiger partial charge in [-0.05, 0) is 50.3 Å². The first-order valence-electron chi connectivity index (χ1n) is 6.33. The van der Waals surface area contributed by atoms with E-state index in [0.29, 0.717) is 0 Å². The third-order valence-electron chi connectivity index (χ3n) is 3.35. The summed E-state index contributed by atoms with van der Waals surface area (Å²) in [6.45, 7) is 1.37. The van der Waals surface area contributed by atoms with Crippen molar-refractivity contribution in [3.8, 4) is 0 Å². The lowest BCUT2D eigenvalue weighted by Crippen LogP contribution is -2.18. The van der Waals surface area contributed by atoms with Gasteiger partial charge in [0.15, 0.2) is 0 Å². The Hall–Kier alpha value is -1.47. The van der Waals surface area contributed by atoms with E-state index in [2.05, 4.69) is 0 Å². The molecule has 0 amide bonds. The number of carbonyl (C=O) groups is 1. The standard InChI is InChI=1S/C13H16FNO4S/c1-8-6-10(20(15,17)18)7-11(12(8)14)13(16)19-9-4-2-3-5-9/h6-7,9H,2-5H2,1H3,(H2,15,17,18). The molecule has 1 fully saturated rings. The summed E-state index contributed by atoms with van der Waals surface area (Å²) in [5, 5.41) is 5.01. The van der Waals surface area contributed by atoms with E-state index in [9.17, 15) is 17.6 Å². The number of nitrogens with two attached hydrogens (primary N) is 1. The molecule has 5 nitrogen and oxygen atoms in total. The Morgan fingerprint density at radius 2 is 1.95 bits per heavy atom. The third kappa shape index (κ3) is 3.16. The van der Waals surface area contributed by atoms with Crippen LogP contribution in [0.2, 0.25) is 0 Å². The Bertz CT molecular complexity index is 636. The molecule has 0 bridgehead atoms. The molecule has 110 valence electrons. The largest absolute Gasteiger partial charge is 0.459 e. The van der Waals surface area contributed by atoms with E-state index in [1.54, 1.807) is 0 Å². The zero-order valence-electron chi connectivity index (χ0n) is 11.1. The van der Waals surface area contributed by atoms with Crippen LogP contribution in [0, 0.1) is 12.7 Å². The minimum Gasteiger partial charge on any atom is -0.459 e. The first-order chi connectivity index (χ1) is 9.29. The maximum Gasteiger partial charge on any atom is 0.341 e. The molecule has 0 radical (unpaired) electrons. The normalized spacial score (nSPS) is 16.4. The minimum absolute atomic E-state index is 0.0369. The summed E-state index contributed by atoms with van der Waals surface area (Å²) in [4.78, 5) is 11.7. The Labute approximate surface area is 117 Å². The Morgan fingerprint density at radius 3 is 2.50 bits per heavy atom. The van der Waals surface area contributed by atoms with Crippen LogP contribution >= 0.6 is 0 Å². The van der Waals surface area contributed by atoms with Gasteiger partial charge in [0.2, 0.25) is 10.0 Å². The number of benzene rings is 1. The van der Waals surface area contributed by atoms with Crippen molar-refractivity contribution >= 4 is 16.0 Å². The number of sulfonamides is 1. The van der Waals surface area contributed by atoms with E-state index in [0.717, 1.165) is 37.8 Å². The van der Waals surface area contributed by atoms with Gasteiger partial charge in [0.05, 0.1) is 10.5 Å². The molecule has 1 aromatic rings. The first kappa shape index (κ1) is 14.9. The van der Waals surface area contributed by atoms with Crippen LogP contribution in [0.3, 0.4) is 0 Å². The van der Waals surface area contributed by atoms with Crippen molar-refractivity contribution in [3.63, 3.8) is 0 Å². The summed E-state index contributed by atoms with van der Waals surface area (Å²) in [7, 11) is -4.00. The number of halogens is 1. The van der Waals surface area contributed by atoms with Crippen molar-refractivity contribution < 1.29 is 22.3 Å². The average molecular weight is 301 g/mol. The summed E-state index contributed by atoms with van der Waals surface area (Å²) in [5.41, 5.74) is -0.351. The number of hydrogen-bond acceptors (Lipinski definition) is 4. The topological polar surface area (TPSA) is 86.5 Å². The number of ether oxygens (including phenoxy) is 1. The fourth-order valence-electron chi connectivity index (χ4n) is 2.27. The highest BCUT2D eigenvalue weighted by atomic mass is 32.2. The molecule has 0 spiro atoms. The second kappa shape index (κ2) is 5.49. The smallest absolute Gasteiger partial charge is 0.341 e. The Morgan fingerprint density at radius 1 is 1.35 bits per heavy atom. The molecule has 20 heavy (non-hydrogen) atoms. The summed E-state index contributed by atoms with van der Waals surface area (Å²) in [5.74, 6) is -1.62. The van der Waals surface area contributed by atoms with Crippen molar-refractivity contribution in [2.45, 2.75) is 43.6 Å². The van der Waals surface area contributed by atoms with E-state index in [1.807, 2.05) is 0 Å². The van der Waals surface area contributed by atoms with Crippen molar-refractivity contribution in [1.29, 1.82) is 0 Å². The maximum absolute atomic E-state index is 14.0. The summed E-state index contributed by atoms with van der Waals surface area (Å²) < 4.78 is 41.8. The number of hydrogen-bond donors (Lipinski definition) is 1. The lowest BCUT2D eigenvalue weighted by Gasteiger charge is -2.13. The molecular weight excluding hydrogens is 285 g/mol. The van der Waals surface area contributed by atoms with Crippen LogP contribution < -0.4 is 5.14 Å². The predicted molar refractivity (Wildman–Crippen MR) is 70.2 cm³/mol. The number of aryl methyl sites for hydroxylation is 1. The monoisotopic (exact) mass is 301 g/mol. The fraction of sp³-hybridized carbons (Fsp3) is 0.462. The van der Waals surface area contributed by atoms with Gasteiger partial charge < -0.3 is 4.74 Å². The van der Waals surface area contributed by atoms with Gasteiger partial charge in [0, 0.05) is 0 Å². The highest BCUT2D eigenvalue weighted by molar-refractivity contribution is 7.89. The van der Waals surface area contributed by atoms with Crippen molar-refractivity contribution in [2.24, 2.45) is 5.14 Å². The van der Waals surface area contributed by atoms with Crippen LogP contribution in [-0.4, -0.2) is 20.5 Å². The molecule has 1 aliphatic rings. The molecule has 2 N–H and O–H groups in total. The Balaban J connectivity index is 2.34. The summed E-state index contributed by atoms with van der Waals surface area (Å²) >= 11 is 0. The average Bonchev–Trinajstić information content (AvgIpc) is 2.83. The van der Waals surface area contributed by atoms with E-state index < -0.39 is 21.8 Å². The minimum atomic E-state index is -4.00. The lowest BCUT2D eigenvalue weighted by atomic mass is 10.1. The third-order valence-corrected chi connectivity index (χ3v) is 4.25. The fourth-order valence-corrected chi connectivity index (χ4v) is 2.89. The molecule has 0 saturated heterocycles. The molecular formula is C13H16FNO4S. The molecule has 7 heteroatoms. The zero-order valence-corrected chi connectivity index (χ0v) is 11.9. The van der Waals surface area contributed by atoms with Gasteiger partial charge in [-0.3, -0.25) is 0 Å². The van der Waals surface area contributed by atoms with Gasteiger partial charge in [-0.25, -0.2) is 22.7 Å². The van der Waals surface area contributed by atoms with E-state index in [1.165, 1.54) is 6.92 Å². The molecule has 0 aliphatic heterocycles. The number of rotatable bonds is 3. The van der Waals surface area contributed by atoms with Gasteiger partial charge in [0.1, 0.15) is 11.9 Å². The molecule has 0 unspecified atom stereocenters. The van der Waals surface area contributed by atoms with Gasteiger partial charge in [0.25, 0.3) is 0 Å². The van der Waals surface area contributed by atoms with Crippen LogP contribution in [0.4, 0.5) is 4.39 Å². The molecule has 1 aromatic carbocycles. The lowest BCUT2D eigenvalue weighted by molar-refractivity contribution is 0.0312. The SMILES string of the molecule is Cc1cc(S(N)(=O)=O)cc(C(=O)OC2CCCC2)c1F. The van der Waals surface area contributed by atoms with Crippen LogP contribution in [-0.2, 0) is 14.8 Å². The van der Waals surface area contributed by atoms with E-state index >= 15 is 0 Å². The molecule has 2 rings (SSSR count). The molecule has 0 heterocycles. The van der Waals surface area contributed by atoms with Gasteiger partial charge >= 0.3 is 5.97 Å². The summed E-state index contributed by atoms with van der Waals surface area (Å²) in [6, 6.07) is 2.02. The van der Waals surface area contributed by atoms with Gasteiger partial charge in [-0.2, -0.15) is 0 Å². The predicted octanol–water partition coefficient (Wildman–Crippen LogP) is 1.88. The van der Waals surface area contributed by atoms with Crippen LogP contribution in [0.25, 0.3) is 0 Å². The zero-order chi connectivity index (χ0) is 14.9. The Kier molecular flexibility index (Phi) is 4.10. The van der Waals surface area contributed by atoms with Crippen molar-refractivity contribution in [3.05, 3.63) is 29.1 Å². The van der Waals surface area contributed by atoms with Crippen LogP contribution in [0.1, 0.15) is 41.6 Å². The van der Waals surface area contributed by atoms with E-state index in [-0.39, 0.29) is 22.1 Å². The van der Waals surface area contributed by atoms with Gasteiger partial charge in [-0.15, -0.1) is 0 Å². The molecule has 1 saturated carbocycles. The molecule has 0 atom stereocenters. The highest BCUT2D eigenvalue weighted by Gasteiger charge is 2.24. The number of esters is 1. The van der Waals surface area contributed by atoms with Crippen molar-refractivity contribution in [2.75, 3.05) is 0 Å². The molecule has 1 aliphatic carbocycles. The number of carbonyl (C=O) groups excluding carboxylic acids is 1. The second-order valence-electron chi connectivity index (χ2n) is 4.96. The first-order valence-corrected chi connectivity index (χ1v) is 7.87. The number of primary sulfonamides is 1. The van der Waals surface area contributed by atoms with Crippen LogP contribution in [0.5, 0.6) is 0 Å². The summed E-state index contributed by atoms with van der Waals surface area (Å²) in [6.07, 6.45) is 3.22. The molecule has 0 aromatic heterocycles. The van der Waals surface area contributed by atoms with E-state index in [4.69, 9.17) is 9.88 Å². The highest BCUT2D eigenvalue weighted by Crippen LogP contribution is 2.24. The van der Waals surface area contributed by atoms with Gasteiger partial charge in [-0.1, -0.05) is 0 Å².